The summed E-state index contributed by atoms with van der Waals surface area (Å²) >= 11 is 0. The van der Waals surface area contributed by atoms with Crippen molar-refractivity contribution in [2.45, 2.75) is 232 Å². The van der Waals surface area contributed by atoms with Gasteiger partial charge >= 0.3 is 5.97 Å². The van der Waals surface area contributed by atoms with Gasteiger partial charge in [-0.05, 0) is 19.4 Å². The molecule has 0 saturated carbocycles. The predicted octanol–water partition coefficient (Wildman–Crippen LogP) is 12.6. The highest BCUT2D eigenvalue weighted by Gasteiger charge is 2.03. The number of carboxylic acids is 1. The van der Waals surface area contributed by atoms with Crippen LogP contribution in [0.5, 0.6) is 0 Å². The molecule has 47 heavy (non-hydrogen) atoms. The normalized spacial score (nSPS) is 11.3. The van der Waals surface area contributed by atoms with Crippen molar-refractivity contribution in [2.75, 3.05) is 32.8 Å². The van der Waals surface area contributed by atoms with Gasteiger partial charge in [-0.3, -0.25) is 9.69 Å². The quantitative estimate of drug-likeness (QED) is 0.0567. The van der Waals surface area contributed by atoms with E-state index in [0.29, 0.717) is 19.5 Å². The maximum absolute atomic E-state index is 10.3. The topological polar surface area (TPSA) is 81.0 Å². The van der Waals surface area contributed by atoms with Crippen LogP contribution in [0.4, 0.5) is 0 Å². The molecule has 0 radical (unpaired) electrons. The van der Waals surface area contributed by atoms with Gasteiger partial charge < -0.3 is 15.3 Å². The summed E-state index contributed by atoms with van der Waals surface area (Å²) in [5.41, 5.74) is 0. The van der Waals surface area contributed by atoms with Crippen molar-refractivity contribution in [2.24, 2.45) is 0 Å². The van der Waals surface area contributed by atoms with E-state index in [4.69, 9.17) is 15.3 Å². The highest BCUT2D eigenvalue weighted by Crippen LogP contribution is 2.15. The number of rotatable bonds is 39. The zero-order chi connectivity index (χ0) is 34.7. The first-order chi connectivity index (χ1) is 23.1. The molecular formula is C42H87NO4. The lowest BCUT2D eigenvalue weighted by atomic mass is 10.0. The summed E-state index contributed by atoms with van der Waals surface area (Å²) in [4.78, 5) is 12.5. The highest BCUT2D eigenvalue weighted by atomic mass is 16.4. The Balaban J connectivity index is 0. The molecule has 0 fully saturated rings. The van der Waals surface area contributed by atoms with Gasteiger partial charge in [-0.1, -0.05) is 213 Å². The molecule has 5 heteroatoms. The number of aliphatic hydroxyl groups is 2. The summed E-state index contributed by atoms with van der Waals surface area (Å²) in [7, 11) is 0. The van der Waals surface area contributed by atoms with Crippen LogP contribution in [0.3, 0.4) is 0 Å². The van der Waals surface area contributed by atoms with Crippen LogP contribution >= 0.6 is 0 Å². The number of hydrogen-bond acceptors (Lipinski definition) is 4. The van der Waals surface area contributed by atoms with E-state index in [2.05, 4.69) is 18.7 Å². The molecule has 0 amide bonds. The fourth-order valence-electron chi connectivity index (χ4n) is 6.50. The Morgan fingerprint density at radius 2 is 0.596 bits per heavy atom. The lowest BCUT2D eigenvalue weighted by molar-refractivity contribution is -0.137. The van der Waals surface area contributed by atoms with E-state index in [1.807, 2.05) is 0 Å². The number of aliphatic carboxylic acids is 1. The summed E-state index contributed by atoms with van der Waals surface area (Å²) in [6.07, 6.45) is 45.5. The van der Waals surface area contributed by atoms with E-state index >= 15 is 0 Å². The molecule has 0 rings (SSSR count). The number of aliphatic hydroxyl groups excluding tert-OH is 2. The van der Waals surface area contributed by atoms with Gasteiger partial charge in [0.15, 0.2) is 0 Å². The summed E-state index contributed by atoms with van der Waals surface area (Å²) in [6.45, 7) is 7.35. The SMILES string of the molecule is CCCCCCCCCCCCCCCCCC(=O)O.CCCCCCCCCCCCCCCCCCCCN(CCO)CCO. The molecule has 0 aliphatic rings. The van der Waals surface area contributed by atoms with Gasteiger partial charge in [-0.2, -0.15) is 0 Å². The molecule has 0 heterocycles. The van der Waals surface area contributed by atoms with Gasteiger partial charge in [0.1, 0.15) is 0 Å². The van der Waals surface area contributed by atoms with Gasteiger partial charge in [0, 0.05) is 19.5 Å². The molecule has 0 aromatic heterocycles. The van der Waals surface area contributed by atoms with Gasteiger partial charge in [0.25, 0.3) is 0 Å². The van der Waals surface area contributed by atoms with Gasteiger partial charge in [-0.15, -0.1) is 0 Å². The van der Waals surface area contributed by atoms with Crippen LogP contribution in [-0.2, 0) is 4.79 Å². The number of unbranched alkanes of at least 4 members (excludes halogenated alkanes) is 31. The molecular weight excluding hydrogens is 582 g/mol. The minimum atomic E-state index is -0.653. The molecule has 3 N–H and O–H groups in total. The minimum absolute atomic E-state index is 0.193. The molecule has 0 saturated heterocycles. The maximum Gasteiger partial charge on any atom is 0.303 e. The van der Waals surface area contributed by atoms with Crippen molar-refractivity contribution in [3.05, 3.63) is 0 Å². The third-order valence-corrected chi connectivity index (χ3v) is 9.65. The fourth-order valence-corrected chi connectivity index (χ4v) is 6.50. The highest BCUT2D eigenvalue weighted by molar-refractivity contribution is 5.66. The smallest absolute Gasteiger partial charge is 0.303 e. The second-order valence-corrected chi connectivity index (χ2v) is 14.4. The first-order valence-corrected chi connectivity index (χ1v) is 21.3. The van der Waals surface area contributed by atoms with Crippen molar-refractivity contribution >= 4 is 5.97 Å². The van der Waals surface area contributed by atoms with Crippen LogP contribution in [0.2, 0.25) is 0 Å². The van der Waals surface area contributed by atoms with Crippen molar-refractivity contribution < 1.29 is 20.1 Å². The maximum atomic E-state index is 10.3. The Bertz CT molecular complexity index is 553. The number of nitrogens with zero attached hydrogens (tertiary/aromatic N) is 1. The Morgan fingerprint density at radius 1 is 0.362 bits per heavy atom. The van der Waals surface area contributed by atoms with Crippen molar-refractivity contribution in [1.82, 2.24) is 4.90 Å². The first-order valence-electron chi connectivity index (χ1n) is 21.3. The minimum Gasteiger partial charge on any atom is -0.481 e. The van der Waals surface area contributed by atoms with Crippen LogP contribution in [0.15, 0.2) is 0 Å². The monoisotopic (exact) mass is 670 g/mol. The van der Waals surface area contributed by atoms with Crippen molar-refractivity contribution in [3.8, 4) is 0 Å². The molecule has 5 nitrogen and oxygen atoms in total. The predicted molar refractivity (Wildman–Crippen MR) is 207 cm³/mol. The fraction of sp³-hybridized carbons (Fsp3) is 0.976. The Labute approximate surface area is 295 Å². The van der Waals surface area contributed by atoms with Crippen LogP contribution in [0, 0.1) is 0 Å². The lowest BCUT2D eigenvalue weighted by Gasteiger charge is -2.19. The van der Waals surface area contributed by atoms with E-state index in [-0.39, 0.29) is 13.2 Å². The standard InChI is InChI=1S/C24H51NO2.C18H36O2/c1-2-3-4-5-6-7-8-9-10-11-12-13-14-15-16-17-18-19-20-25(21-23-26)22-24-27;1-2-3-4-5-6-7-8-9-10-11-12-13-14-15-16-17-18(19)20/h26-27H,2-24H2,1H3;2-17H2,1H3,(H,19,20). The van der Waals surface area contributed by atoms with E-state index in [9.17, 15) is 4.79 Å². The van der Waals surface area contributed by atoms with Crippen LogP contribution in [0.25, 0.3) is 0 Å². The van der Waals surface area contributed by atoms with E-state index in [1.165, 1.54) is 199 Å². The summed E-state index contributed by atoms with van der Waals surface area (Å²) in [6, 6.07) is 0. The van der Waals surface area contributed by atoms with E-state index in [1.54, 1.807) is 0 Å². The third kappa shape index (κ3) is 47.5. The number of hydrogen-bond donors (Lipinski definition) is 3. The molecule has 284 valence electrons. The van der Waals surface area contributed by atoms with Crippen LogP contribution in [0.1, 0.15) is 232 Å². The van der Waals surface area contributed by atoms with Gasteiger partial charge in [-0.25, -0.2) is 0 Å². The summed E-state index contributed by atoms with van der Waals surface area (Å²) in [5.74, 6) is -0.653. The molecule has 0 atom stereocenters. The molecule has 0 aliphatic heterocycles. The Kier molecular flexibility index (Phi) is 46.8. The largest absolute Gasteiger partial charge is 0.481 e. The average molecular weight is 670 g/mol. The Hall–Kier alpha value is -0.650. The molecule has 0 spiro atoms. The van der Waals surface area contributed by atoms with Crippen LogP contribution < -0.4 is 0 Å². The van der Waals surface area contributed by atoms with Gasteiger partial charge in [0.2, 0.25) is 0 Å². The third-order valence-electron chi connectivity index (χ3n) is 9.65. The molecule has 0 aromatic rings. The van der Waals surface area contributed by atoms with Crippen LogP contribution in [-0.4, -0.2) is 59.0 Å². The molecule has 0 aromatic carbocycles. The summed E-state index contributed by atoms with van der Waals surface area (Å²) in [5, 5.41) is 26.5. The number of carboxylic acid groups (broad SMARTS) is 1. The molecule has 0 unspecified atom stereocenters. The number of carbonyl (C=O) groups is 1. The zero-order valence-corrected chi connectivity index (χ0v) is 32.3. The van der Waals surface area contributed by atoms with E-state index in [0.717, 1.165) is 19.4 Å². The lowest BCUT2D eigenvalue weighted by Crippen LogP contribution is -2.30. The van der Waals surface area contributed by atoms with Crippen molar-refractivity contribution in [3.63, 3.8) is 0 Å². The summed E-state index contributed by atoms with van der Waals surface area (Å²) < 4.78 is 0. The molecule has 0 aliphatic carbocycles. The van der Waals surface area contributed by atoms with Gasteiger partial charge in [0.05, 0.1) is 13.2 Å². The average Bonchev–Trinajstić information content (AvgIpc) is 3.06. The zero-order valence-electron chi connectivity index (χ0n) is 32.3. The van der Waals surface area contributed by atoms with Crippen molar-refractivity contribution in [1.29, 1.82) is 0 Å². The Morgan fingerprint density at radius 3 is 0.830 bits per heavy atom. The first kappa shape index (κ1) is 48.5. The second-order valence-electron chi connectivity index (χ2n) is 14.4. The van der Waals surface area contributed by atoms with E-state index < -0.39 is 5.97 Å². The molecule has 0 bridgehead atoms. The second kappa shape index (κ2) is 45.3.